The van der Waals surface area contributed by atoms with Crippen molar-refractivity contribution in [3.63, 3.8) is 0 Å². The van der Waals surface area contributed by atoms with Gasteiger partial charge in [0.1, 0.15) is 5.69 Å². The highest BCUT2D eigenvalue weighted by molar-refractivity contribution is 5.23. The van der Waals surface area contributed by atoms with Crippen LogP contribution >= 0.6 is 0 Å². The van der Waals surface area contributed by atoms with Gasteiger partial charge in [-0.15, -0.1) is 0 Å². The van der Waals surface area contributed by atoms with Crippen LogP contribution in [0.3, 0.4) is 0 Å². The number of hydrogen-bond acceptors (Lipinski definition) is 7. The first kappa shape index (κ1) is 14.1. The maximum Gasteiger partial charge on any atom is 0.237 e. The summed E-state index contributed by atoms with van der Waals surface area (Å²) < 4.78 is 5.28. The molecule has 1 saturated heterocycles. The maximum atomic E-state index is 5.75. The number of likely N-dealkylation sites (N-methyl/N-ethyl adjacent to an activating group) is 2. The third-order valence-electron chi connectivity index (χ3n) is 3.64. The normalized spacial score (nSPS) is 23.3. The number of hydrogen-bond donors (Lipinski definition) is 2. The topological polar surface area (TPSA) is 79.5 Å². The van der Waals surface area contributed by atoms with Crippen molar-refractivity contribution in [2.24, 2.45) is 5.84 Å². The Morgan fingerprint density at radius 3 is 2.79 bits per heavy atom. The molecule has 7 nitrogen and oxygen atoms in total. The second-order valence-electron chi connectivity index (χ2n) is 4.91. The minimum Gasteiger partial charge on any atom is -0.480 e. The van der Waals surface area contributed by atoms with Gasteiger partial charge < -0.3 is 9.64 Å². The number of aromatic nitrogens is 2. The summed E-state index contributed by atoms with van der Waals surface area (Å²) in [6, 6.07) is 0.116. The fourth-order valence-corrected chi connectivity index (χ4v) is 2.48. The molecule has 106 valence electrons. The lowest BCUT2D eigenvalue weighted by molar-refractivity contribution is 0.0855. The highest BCUT2D eigenvalue weighted by atomic mass is 16.5. The van der Waals surface area contributed by atoms with E-state index < -0.39 is 0 Å². The largest absolute Gasteiger partial charge is 0.480 e. The van der Waals surface area contributed by atoms with Gasteiger partial charge >= 0.3 is 0 Å². The number of hydrazine groups is 1. The van der Waals surface area contributed by atoms with E-state index in [1.807, 2.05) is 0 Å². The lowest BCUT2D eigenvalue weighted by atomic mass is 10.0. The van der Waals surface area contributed by atoms with Crippen LogP contribution in [0.1, 0.15) is 11.7 Å². The van der Waals surface area contributed by atoms with Crippen molar-refractivity contribution < 1.29 is 4.74 Å². The molecular weight excluding hydrogens is 244 g/mol. The molecule has 1 aliphatic rings. The average molecular weight is 266 g/mol. The molecule has 2 heterocycles. The molecule has 1 aromatic rings. The molecule has 1 fully saturated rings. The van der Waals surface area contributed by atoms with Gasteiger partial charge in [-0.2, -0.15) is 0 Å². The lowest BCUT2D eigenvalue weighted by Crippen LogP contribution is -2.56. The van der Waals surface area contributed by atoms with Gasteiger partial charge in [-0.3, -0.25) is 15.7 Å². The van der Waals surface area contributed by atoms with Crippen LogP contribution in [0.25, 0.3) is 0 Å². The van der Waals surface area contributed by atoms with Crippen LogP contribution in [0.4, 0.5) is 0 Å². The van der Waals surface area contributed by atoms with E-state index in [2.05, 4.69) is 39.3 Å². The van der Waals surface area contributed by atoms with Gasteiger partial charge in [-0.25, -0.2) is 10.4 Å². The van der Waals surface area contributed by atoms with Crippen molar-refractivity contribution in [3.8, 4) is 5.88 Å². The predicted molar refractivity (Wildman–Crippen MR) is 72.6 cm³/mol. The average Bonchev–Trinajstić information content (AvgIpc) is 2.44. The number of ether oxygens (including phenoxy) is 1. The molecule has 0 aromatic carbocycles. The zero-order chi connectivity index (χ0) is 13.8. The summed E-state index contributed by atoms with van der Waals surface area (Å²) >= 11 is 0. The number of rotatable bonds is 4. The molecule has 19 heavy (non-hydrogen) atoms. The summed E-state index contributed by atoms with van der Waals surface area (Å²) in [6.07, 6.45) is 3.28. The molecule has 0 aliphatic carbocycles. The third-order valence-corrected chi connectivity index (χ3v) is 3.64. The molecule has 0 amide bonds. The second-order valence-corrected chi connectivity index (χ2v) is 4.91. The van der Waals surface area contributed by atoms with Crippen LogP contribution in [0.15, 0.2) is 12.4 Å². The Labute approximate surface area is 113 Å². The molecule has 1 aromatic heterocycles. The van der Waals surface area contributed by atoms with Crippen LogP contribution in [0, 0.1) is 0 Å². The predicted octanol–water partition coefficient (Wildman–Crippen LogP) is -0.765. The molecule has 2 unspecified atom stereocenters. The highest BCUT2D eigenvalue weighted by Gasteiger charge is 2.33. The van der Waals surface area contributed by atoms with Crippen LogP contribution < -0.4 is 16.0 Å². The number of nitrogens with zero attached hydrogens (tertiary/aromatic N) is 4. The van der Waals surface area contributed by atoms with Crippen molar-refractivity contribution in [1.82, 2.24) is 25.2 Å². The number of nitrogens with two attached hydrogens (primary N) is 1. The van der Waals surface area contributed by atoms with E-state index in [4.69, 9.17) is 10.6 Å². The smallest absolute Gasteiger partial charge is 0.237 e. The van der Waals surface area contributed by atoms with E-state index in [0.717, 1.165) is 25.3 Å². The van der Waals surface area contributed by atoms with Gasteiger partial charge in [0, 0.05) is 38.1 Å². The van der Waals surface area contributed by atoms with E-state index in [1.165, 1.54) is 0 Å². The van der Waals surface area contributed by atoms with Crippen LogP contribution in [0.2, 0.25) is 0 Å². The zero-order valence-corrected chi connectivity index (χ0v) is 11.7. The monoisotopic (exact) mass is 266 g/mol. The molecule has 1 aliphatic heterocycles. The summed E-state index contributed by atoms with van der Waals surface area (Å²) in [5, 5.41) is 0. The van der Waals surface area contributed by atoms with Gasteiger partial charge in [0.25, 0.3) is 0 Å². The Balaban J connectivity index is 2.27. The first-order valence-corrected chi connectivity index (χ1v) is 6.37. The quantitative estimate of drug-likeness (QED) is 0.547. The fourth-order valence-electron chi connectivity index (χ4n) is 2.48. The van der Waals surface area contributed by atoms with Crippen molar-refractivity contribution in [1.29, 1.82) is 0 Å². The van der Waals surface area contributed by atoms with E-state index in [-0.39, 0.29) is 12.1 Å². The van der Waals surface area contributed by atoms with Crippen molar-refractivity contribution in [3.05, 3.63) is 18.1 Å². The Morgan fingerprint density at radius 1 is 1.37 bits per heavy atom. The van der Waals surface area contributed by atoms with Crippen molar-refractivity contribution in [2.45, 2.75) is 12.1 Å². The molecule has 0 bridgehead atoms. The molecule has 7 heteroatoms. The van der Waals surface area contributed by atoms with Gasteiger partial charge in [-0.05, 0) is 14.1 Å². The van der Waals surface area contributed by atoms with E-state index in [0.29, 0.717) is 5.88 Å². The summed E-state index contributed by atoms with van der Waals surface area (Å²) in [7, 11) is 5.81. The Morgan fingerprint density at radius 2 is 2.11 bits per heavy atom. The molecule has 2 atom stereocenters. The summed E-state index contributed by atoms with van der Waals surface area (Å²) in [6.45, 7) is 2.98. The summed E-state index contributed by atoms with van der Waals surface area (Å²) in [5.41, 5.74) is 3.61. The standard InChI is InChI=1S/C12H22N6O/c1-17-6-7-18(2)9(8-17)10(16-13)11-12(19-3)15-5-4-14-11/h4-5,9-10,16H,6-8,13H2,1-3H3. The first-order chi connectivity index (χ1) is 9.17. The summed E-state index contributed by atoms with van der Waals surface area (Å²) in [4.78, 5) is 13.2. The van der Waals surface area contributed by atoms with Gasteiger partial charge in [0.2, 0.25) is 5.88 Å². The van der Waals surface area contributed by atoms with Gasteiger partial charge in [0.15, 0.2) is 0 Å². The number of piperazine rings is 1. The van der Waals surface area contributed by atoms with Crippen molar-refractivity contribution in [2.75, 3.05) is 40.8 Å². The lowest BCUT2D eigenvalue weighted by Gasteiger charge is -2.41. The zero-order valence-electron chi connectivity index (χ0n) is 11.7. The molecule has 0 spiro atoms. The minimum atomic E-state index is -0.114. The van der Waals surface area contributed by atoms with Crippen LogP contribution in [0.5, 0.6) is 5.88 Å². The van der Waals surface area contributed by atoms with Crippen molar-refractivity contribution >= 4 is 0 Å². The van der Waals surface area contributed by atoms with Crippen LogP contribution in [-0.2, 0) is 0 Å². The third kappa shape index (κ3) is 3.01. The van der Waals surface area contributed by atoms with E-state index >= 15 is 0 Å². The molecule has 2 rings (SSSR count). The Bertz CT molecular complexity index is 415. The first-order valence-electron chi connectivity index (χ1n) is 6.37. The molecule has 0 saturated carbocycles. The Hall–Kier alpha value is -1.28. The second kappa shape index (κ2) is 6.25. The van der Waals surface area contributed by atoms with Gasteiger partial charge in [-0.1, -0.05) is 0 Å². The number of methoxy groups -OCH3 is 1. The molecule has 0 radical (unpaired) electrons. The fraction of sp³-hybridized carbons (Fsp3) is 0.667. The Kier molecular flexibility index (Phi) is 4.65. The summed E-state index contributed by atoms with van der Waals surface area (Å²) in [5.74, 6) is 6.27. The molecular formula is C12H22N6O. The van der Waals surface area contributed by atoms with Gasteiger partial charge in [0.05, 0.1) is 13.2 Å². The maximum absolute atomic E-state index is 5.75. The van der Waals surface area contributed by atoms with Crippen LogP contribution in [-0.4, -0.2) is 66.6 Å². The highest BCUT2D eigenvalue weighted by Crippen LogP contribution is 2.26. The van der Waals surface area contributed by atoms with E-state index in [1.54, 1.807) is 19.5 Å². The molecule has 3 N–H and O–H groups in total. The SMILES string of the molecule is COc1nccnc1C(NN)C1CN(C)CCN1C. The minimum absolute atomic E-state index is 0.114. The number of nitrogens with one attached hydrogen (secondary N) is 1. The van der Waals surface area contributed by atoms with E-state index in [9.17, 15) is 0 Å².